The number of halogens is 1. The summed E-state index contributed by atoms with van der Waals surface area (Å²) in [5.41, 5.74) is 2.98. The Bertz CT molecular complexity index is 2490. The van der Waals surface area contributed by atoms with Crippen molar-refractivity contribution in [3.63, 3.8) is 0 Å². The van der Waals surface area contributed by atoms with Crippen LogP contribution < -0.4 is 4.72 Å². The average Bonchev–Trinajstić information content (AvgIpc) is 3.55. The van der Waals surface area contributed by atoms with Crippen LogP contribution in [-0.2, 0) is 23.0 Å². The highest BCUT2D eigenvalue weighted by Gasteiger charge is 2.35. The zero-order valence-electron chi connectivity index (χ0n) is 34.4. The summed E-state index contributed by atoms with van der Waals surface area (Å²) in [7, 11) is -4.31. The van der Waals surface area contributed by atoms with Gasteiger partial charge in [0.2, 0.25) is 0 Å². The molecule has 316 valence electrons. The van der Waals surface area contributed by atoms with Crippen LogP contribution in [0.3, 0.4) is 0 Å². The minimum atomic E-state index is -4.31. The predicted molar refractivity (Wildman–Crippen MR) is 233 cm³/mol. The van der Waals surface area contributed by atoms with Crippen molar-refractivity contribution in [1.82, 2.24) is 29.2 Å². The minimum Gasteiger partial charge on any atom is -0.393 e. The van der Waals surface area contributed by atoms with Gasteiger partial charge in [0.25, 0.3) is 27.7 Å². The van der Waals surface area contributed by atoms with Crippen molar-refractivity contribution in [3.8, 4) is 5.69 Å². The van der Waals surface area contributed by atoms with E-state index >= 15 is 4.79 Å². The number of fused-ring (bicyclic) bond motifs is 2. The zero-order chi connectivity index (χ0) is 42.6. The van der Waals surface area contributed by atoms with Crippen molar-refractivity contribution in [2.24, 2.45) is 0 Å². The molecule has 3 amide bonds. The Balaban J connectivity index is 1.29. The molecule has 2 N–H and O–H groups in total. The normalized spacial score (nSPS) is 16.1. The number of aliphatic hydroxyl groups excluding tert-OH is 1. The summed E-state index contributed by atoms with van der Waals surface area (Å²) in [6.45, 7) is 9.24. The number of hydrogen-bond acceptors (Lipinski definition) is 8. The van der Waals surface area contributed by atoms with Crippen molar-refractivity contribution in [2.75, 3.05) is 32.7 Å². The SMILES string of the molecule is CCCCN(CCCC)C(=O)c1nn(-c2ccc(C(=O)NS(=O)(=O)c3ccc4ccccc4c3)cc2C(=O)N2Cc3ccccc3C[C@H]2CN2CCC(O)CC2)c(C)c1Cl. The lowest BCUT2D eigenvalue weighted by atomic mass is 9.92. The highest BCUT2D eigenvalue weighted by molar-refractivity contribution is 7.90. The maximum absolute atomic E-state index is 15.3. The minimum absolute atomic E-state index is 0.0528. The molecule has 0 radical (unpaired) electrons. The van der Waals surface area contributed by atoms with Crippen LogP contribution in [-0.4, -0.2) is 101 Å². The molecule has 12 nitrogen and oxygen atoms in total. The number of carbonyl (C=O) groups is 3. The second kappa shape index (κ2) is 18.7. The number of likely N-dealkylation sites (tertiary alicyclic amines) is 1. The number of aromatic nitrogens is 2. The number of nitrogens with zero attached hydrogens (tertiary/aromatic N) is 5. The van der Waals surface area contributed by atoms with Crippen molar-refractivity contribution < 1.29 is 27.9 Å². The van der Waals surface area contributed by atoms with E-state index in [1.54, 1.807) is 30.0 Å². The molecular weight excluding hydrogens is 800 g/mol. The first kappa shape index (κ1) is 43.0. The summed E-state index contributed by atoms with van der Waals surface area (Å²) in [6, 6.07) is 24.1. The van der Waals surface area contributed by atoms with Crippen LogP contribution in [0, 0.1) is 6.92 Å². The molecule has 1 saturated heterocycles. The van der Waals surface area contributed by atoms with Crippen LogP contribution in [0.1, 0.15) is 100 Å². The van der Waals surface area contributed by atoms with E-state index in [9.17, 15) is 23.1 Å². The van der Waals surface area contributed by atoms with Crippen LogP contribution in [0.4, 0.5) is 0 Å². The molecule has 2 aliphatic rings. The lowest BCUT2D eigenvalue weighted by Gasteiger charge is -2.41. The molecule has 3 heterocycles. The van der Waals surface area contributed by atoms with Crippen LogP contribution in [0.15, 0.2) is 89.8 Å². The quantitative estimate of drug-likeness (QED) is 0.120. The van der Waals surface area contributed by atoms with Crippen LogP contribution in [0.2, 0.25) is 5.02 Å². The smallest absolute Gasteiger partial charge is 0.275 e. The van der Waals surface area contributed by atoms with E-state index in [1.807, 2.05) is 41.3 Å². The highest BCUT2D eigenvalue weighted by atomic mass is 35.5. The van der Waals surface area contributed by atoms with E-state index in [0.29, 0.717) is 75.3 Å². The topological polar surface area (TPSA) is 145 Å². The van der Waals surface area contributed by atoms with Gasteiger partial charge >= 0.3 is 0 Å². The Labute approximate surface area is 357 Å². The Morgan fingerprint density at radius 1 is 0.883 bits per heavy atom. The molecule has 0 aliphatic carbocycles. The van der Waals surface area contributed by atoms with E-state index < -0.39 is 15.9 Å². The number of aliphatic hydroxyl groups is 1. The molecule has 0 spiro atoms. The third-order valence-electron chi connectivity index (χ3n) is 11.7. The van der Waals surface area contributed by atoms with Gasteiger partial charge in [0.15, 0.2) is 5.69 Å². The Morgan fingerprint density at radius 2 is 1.55 bits per heavy atom. The molecule has 0 bridgehead atoms. The highest BCUT2D eigenvalue weighted by Crippen LogP contribution is 2.31. The van der Waals surface area contributed by atoms with Crippen LogP contribution >= 0.6 is 11.6 Å². The van der Waals surface area contributed by atoms with Crippen molar-refractivity contribution in [3.05, 3.63) is 124 Å². The number of benzene rings is 4. The summed E-state index contributed by atoms with van der Waals surface area (Å²) < 4.78 is 30.9. The van der Waals surface area contributed by atoms with E-state index in [0.717, 1.165) is 42.2 Å². The van der Waals surface area contributed by atoms with E-state index in [2.05, 4.69) is 29.5 Å². The van der Waals surface area contributed by atoms with Crippen molar-refractivity contribution in [2.45, 2.75) is 89.3 Å². The second-order valence-corrected chi connectivity index (χ2v) is 18.0. The van der Waals surface area contributed by atoms with E-state index in [-0.39, 0.29) is 50.7 Å². The number of unbranched alkanes of at least 4 members (excludes halogenated alkanes) is 2. The van der Waals surface area contributed by atoms with Gasteiger partial charge in [-0.15, -0.1) is 0 Å². The summed E-state index contributed by atoms with van der Waals surface area (Å²) in [4.78, 5) is 49.0. The molecule has 5 aromatic rings. The maximum atomic E-state index is 15.3. The van der Waals surface area contributed by atoms with Gasteiger partial charge in [0.1, 0.15) is 0 Å². The number of rotatable bonds is 14. The fourth-order valence-corrected chi connectivity index (χ4v) is 9.38. The standard InChI is InChI=1S/C46H53ClN6O6S/c1-4-6-22-51(23-7-5-2)46(57)43-42(47)31(3)53(48-43)41-19-17-35(44(55)49-60(58,59)39-18-16-32-12-8-9-14-34(32)27-39)28-40(41)45(56)52-29-36-15-11-10-13-33(36)26-37(52)30-50-24-20-38(54)21-25-50/h8-19,27-28,37-38,54H,4-7,20-26,29-30H2,1-3H3,(H,49,55)/t37-/m0/s1. The predicted octanol–water partition coefficient (Wildman–Crippen LogP) is 7.17. The van der Waals surface area contributed by atoms with Crippen LogP contribution in [0.25, 0.3) is 16.5 Å². The van der Waals surface area contributed by atoms with Gasteiger partial charge in [-0.05, 0) is 91.3 Å². The molecule has 1 aromatic heterocycles. The first-order valence-electron chi connectivity index (χ1n) is 20.9. The molecule has 14 heteroatoms. The first-order valence-corrected chi connectivity index (χ1v) is 22.8. The van der Waals surface area contributed by atoms with Gasteiger partial charge < -0.3 is 19.8 Å². The Morgan fingerprint density at radius 3 is 2.25 bits per heavy atom. The van der Waals surface area contributed by atoms with Gasteiger partial charge in [-0.1, -0.05) is 92.9 Å². The number of carbonyl (C=O) groups excluding carboxylic acids is 3. The molecule has 0 saturated carbocycles. The van der Waals surface area contributed by atoms with Gasteiger partial charge in [-0.3, -0.25) is 14.4 Å². The Hall–Kier alpha value is -5.08. The molecular formula is C46H53ClN6O6S. The van der Waals surface area contributed by atoms with Crippen LogP contribution in [0.5, 0.6) is 0 Å². The monoisotopic (exact) mass is 852 g/mol. The van der Waals surface area contributed by atoms with Gasteiger partial charge in [0.05, 0.1) is 33.0 Å². The van der Waals surface area contributed by atoms with Gasteiger partial charge in [-0.2, -0.15) is 5.10 Å². The number of amides is 3. The third-order valence-corrected chi connectivity index (χ3v) is 13.5. The molecule has 4 aromatic carbocycles. The van der Waals surface area contributed by atoms with Gasteiger partial charge in [-0.25, -0.2) is 17.8 Å². The summed E-state index contributed by atoms with van der Waals surface area (Å²) in [5, 5.41) is 16.7. The maximum Gasteiger partial charge on any atom is 0.275 e. The molecule has 0 unspecified atom stereocenters. The Kier molecular flexibility index (Phi) is 13.4. The van der Waals surface area contributed by atoms with E-state index in [4.69, 9.17) is 16.7 Å². The molecule has 60 heavy (non-hydrogen) atoms. The largest absolute Gasteiger partial charge is 0.393 e. The number of hydrogen-bond donors (Lipinski definition) is 2. The van der Waals surface area contributed by atoms with Gasteiger partial charge in [0, 0.05) is 50.9 Å². The number of piperidine rings is 1. The number of nitrogens with one attached hydrogen (secondary N) is 1. The van der Waals surface area contributed by atoms with E-state index in [1.165, 1.54) is 28.9 Å². The molecule has 2 aliphatic heterocycles. The van der Waals surface area contributed by atoms with Crippen molar-refractivity contribution >= 4 is 50.1 Å². The fraction of sp³-hybridized carbons (Fsp3) is 0.391. The summed E-state index contributed by atoms with van der Waals surface area (Å²) in [5.74, 6) is -1.60. The lowest BCUT2D eigenvalue weighted by Crippen LogP contribution is -2.51. The second-order valence-electron chi connectivity index (χ2n) is 15.9. The third kappa shape index (κ3) is 9.29. The number of sulfonamides is 1. The zero-order valence-corrected chi connectivity index (χ0v) is 36.0. The lowest BCUT2D eigenvalue weighted by molar-refractivity contribution is 0.0450. The van der Waals surface area contributed by atoms with Crippen molar-refractivity contribution in [1.29, 1.82) is 0 Å². The first-order chi connectivity index (χ1) is 28.9. The molecule has 1 atom stereocenters. The fourth-order valence-electron chi connectivity index (χ4n) is 8.17. The molecule has 7 rings (SSSR count). The summed E-state index contributed by atoms with van der Waals surface area (Å²) in [6.07, 6.45) is 5.01. The summed E-state index contributed by atoms with van der Waals surface area (Å²) >= 11 is 6.92. The average molecular weight is 853 g/mol. The molecule has 1 fully saturated rings.